The molecule has 2 N–H and O–H groups in total. The maximum absolute atomic E-state index is 13.2. The lowest BCUT2D eigenvalue weighted by Crippen LogP contribution is -2.49. The minimum absolute atomic E-state index is 0.0251. The summed E-state index contributed by atoms with van der Waals surface area (Å²) >= 11 is 0. The number of amides is 1. The van der Waals surface area contributed by atoms with Gasteiger partial charge in [-0.1, -0.05) is 31.2 Å². The van der Waals surface area contributed by atoms with Crippen molar-refractivity contribution in [2.45, 2.75) is 55.4 Å². The predicted molar refractivity (Wildman–Crippen MR) is 170 cm³/mol. The van der Waals surface area contributed by atoms with Crippen molar-refractivity contribution in [1.82, 2.24) is 10.2 Å². The van der Waals surface area contributed by atoms with Crippen molar-refractivity contribution in [2.75, 3.05) is 50.1 Å². The molecular weight excluding hydrogens is 619 g/mol. The van der Waals surface area contributed by atoms with E-state index < -0.39 is 33.5 Å². The van der Waals surface area contributed by atoms with Crippen LogP contribution in [0.25, 0.3) is 0 Å². The van der Waals surface area contributed by atoms with Crippen LogP contribution < -0.4 is 10.2 Å². The van der Waals surface area contributed by atoms with E-state index in [9.17, 15) is 31.5 Å². The molecule has 12 heteroatoms. The summed E-state index contributed by atoms with van der Waals surface area (Å²) in [5.41, 5.74) is 2.08. The highest BCUT2D eigenvalue weighted by atomic mass is 32.2. The number of aliphatic hydroxyl groups is 1. The van der Waals surface area contributed by atoms with Crippen LogP contribution in [-0.4, -0.2) is 81.6 Å². The van der Waals surface area contributed by atoms with Crippen LogP contribution in [0.4, 0.5) is 18.9 Å². The number of hydrogen-bond acceptors (Lipinski definition) is 7. The Morgan fingerprint density at radius 1 is 1.04 bits per heavy atom. The number of ether oxygens (including phenoxy) is 1. The molecule has 5 rings (SSSR count). The van der Waals surface area contributed by atoms with Crippen LogP contribution in [-0.2, 0) is 20.8 Å². The predicted octanol–water partition coefficient (Wildman–Crippen LogP) is 5.05. The standard InChI is InChI=1S/C34H40F3N3O5S/c1-3-46(43,44)31-14-8-25(9-15-31)32(21-41)38-33(42)26-6-12-29(13-7-26)40-19-27(24-4-10-28(11-5-24)34(35,36)37)18-30(40)20-39-16-17-45-22-23(39)2/h4-15,23,27,30,32,41H,3,16-22H2,1-2H3,(H,38,42)/t23-,27?,30?,32+/m1/s1. The molecule has 2 aliphatic heterocycles. The van der Waals surface area contributed by atoms with Gasteiger partial charge < -0.3 is 20.1 Å². The Bertz CT molecular complexity index is 1580. The van der Waals surface area contributed by atoms with Gasteiger partial charge in [0.1, 0.15) is 0 Å². The molecule has 0 aromatic heterocycles. The fourth-order valence-electron chi connectivity index (χ4n) is 6.25. The van der Waals surface area contributed by atoms with Crippen molar-refractivity contribution in [3.63, 3.8) is 0 Å². The first-order valence-corrected chi connectivity index (χ1v) is 17.1. The number of carbonyl (C=O) groups is 1. The van der Waals surface area contributed by atoms with E-state index in [1.807, 2.05) is 12.1 Å². The molecule has 2 heterocycles. The molecule has 4 atom stereocenters. The van der Waals surface area contributed by atoms with E-state index in [0.717, 1.165) is 42.9 Å². The number of aliphatic hydroxyl groups excluding tert-OH is 1. The summed E-state index contributed by atoms with van der Waals surface area (Å²) in [6.45, 7) is 6.83. The van der Waals surface area contributed by atoms with E-state index >= 15 is 0 Å². The number of halogens is 3. The van der Waals surface area contributed by atoms with Gasteiger partial charge in [0.15, 0.2) is 9.84 Å². The van der Waals surface area contributed by atoms with E-state index in [1.165, 1.54) is 12.1 Å². The molecule has 46 heavy (non-hydrogen) atoms. The van der Waals surface area contributed by atoms with Gasteiger partial charge in [-0.2, -0.15) is 13.2 Å². The number of sulfone groups is 1. The Labute approximate surface area is 268 Å². The van der Waals surface area contributed by atoms with E-state index in [1.54, 1.807) is 43.3 Å². The Hall–Kier alpha value is -3.45. The Morgan fingerprint density at radius 3 is 2.30 bits per heavy atom. The highest BCUT2D eigenvalue weighted by Gasteiger charge is 2.36. The minimum Gasteiger partial charge on any atom is -0.394 e. The summed E-state index contributed by atoms with van der Waals surface area (Å²) in [7, 11) is -3.37. The molecule has 2 saturated heterocycles. The fraction of sp³-hybridized carbons (Fsp3) is 0.441. The second-order valence-corrected chi connectivity index (χ2v) is 14.3. The molecule has 0 spiro atoms. The Balaban J connectivity index is 1.31. The molecule has 0 saturated carbocycles. The molecule has 2 fully saturated rings. The zero-order valence-corrected chi connectivity index (χ0v) is 26.7. The topological polar surface area (TPSA) is 99.2 Å². The summed E-state index contributed by atoms with van der Waals surface area (Å²) in [6.07, 6.45) is -3.61. The maximum Gasteiger partial charge on any atom is 0.416 e. The zero-order valence-electron chi connectivity index (χ0n) is 25.9. The number of carbonyl (C=O) groups excluding carboxylic acids is 1. The largest absolute Gasteiger partial charge is 0.416 e. The summed E-state index contributed by atoms with van der Waals surface area (Å²) in [5, 5.41) is 12.8. The van der Waals surface area contributed by atoms with E-state index in [2.05, 4.69) is 22.0 Å². The van der Waals surface area contributed by atoms with Gasteiger partial charge in [0.2, 0.25) is 0 Å². The second-order valence-electron chi connectivity index (χ2n) is 12.0. The van der Waals surface area contributed by atoms with Crippen molar-refractivity contribution in [1.29, 1.82) is 0 Å². The molecule has 3 aromatic carbocycles. The third-order valence-corrected chi connectivity index (χ3v) is 10.8. The molecule has 1 amide bonds. The quantitative estimate of drug-likeness (QED) is 0.315. The van der Waals surface area contributed by atoms with Crippen molar-refractivity contribution >= 4 is 21.4 Å². The number of morpholine rings is 1. The lowest BCUT2D eigenvalue weighted by atomic mass is 9.95. The number of hydrogen-bond donors (Lipinski definition) is 2. The molecule has 248 valence electrons. The average Bonchev–Trinajstić information content (AvgIpc) is 3.48. The van der Waals surface area contributed by atoms with Crippen LogP contribution in [0.2, 0.25) is 0 Å². The first-order valence-electron chi connectivity index (χ1n) is 15.5. The molecule has 2 aliphatic rings. The average molecular weight is 660 g/mol. The first-order chi connectivity index (χ1) is 21.9. The number of rotatable bonds is 10. The third kappa shape index (κ3) is 7.74. The number of nitrogens with zero attached hydrogens (tertiary/aromatic N) is 2. The van der Waals surface area contributed by atoms with Gasteiger partial charge in [0.25, 0.3) is 5.91 Å². The summed E-state index contributed by atoms with van der Waals surface area (Å²) in [5.74, 6) is -0.378. The third-order valence-electron chi connectivity index (χ3n) is 9.05. The molecule has 0 bridgehead atoms. The molecule has 2 unspecified atom stereocenters. The van der Waals surface area contributed by atoms with Crippen LogP contribution in [0.1, 0.15) is 59.3 Å². The van der Waals surface area contributed by atoms with Gasteiger partial charge in [0, 0.05) is 48.9 Å². The van der Waals surface area contributed by atoms with Crippen molar-refractivity contribution in [3.05, 3.63) is 95.1 Å². The van der Waals surface area contributed by atoms with E-state index in [0.29, 0.717) is 30.9 Å². The molecular formula is C34H40F3N3O5S. The van der Waals surface area contributed by atoms with Crippen LogP contribution >= 0.6 is 0 Å². The van der Waals surface area contributed by atoms with Crippen LogP contribution in [0, 0.1) is 0 Å². The first kappa shape index (κ1) is 33.9. The zero-order chi connectivity index (χ0) is 33.1. The summed E-state index contributed by atoms with van der Waals surface area (Å²) in [6, 6.07) is 18.4. The normalized spacial score (nSPS) is 21.7. The monoisotopic (exact) mass is 659 g/mol. The number of benzene rings is 3. The van der Waals surface area contributed by atoms with Crippen molar-refractivity contribution in [3.8, 4) is 0 Å². The molecule has 0 aliphatic carbocycles. The van der Waals surface area contributed by atoms with E-state index in [4.69, 9.17) is 4.74 Å². The second kappa shape index (κ2) is 14.1. The lowest BCUT2D eigenvalue weighted by molar-refractivity contribution is -0.137. The molecule has 8 nitrogen and oxygen atoms in total. The van der Waals surface area contributed by atoms with Gasteiger partial charge in [-0.15, -0.1) is 0 Å². The Morgan fingerprint density at radius 2 is 1.72 bits per heavy atom. The highest BCUT2D eigenvalue weighted by Crippen LogP contribution is 2.37. The SMILES string of the molecule is CCS(=O)(=O)c1ccc([C@H](CO)NC(=O)c2ccc(N3CC(c4ccc(C(F)(F)F)cc4)CC3CN3CCOC[C@H]3C)cc2)cc1. The van der Waals surface area contributed by atoms with Gasteiger partial charge >= 0.3 is 6.18 Å². The maximum atomic E-state index is 13.2. The Kier molecular flexibility index (Phi) is 10.4. The lowest BCUT2D eigenvalue weighted by Gasteiger charge is -2.37. The van der Waals surface area contributed by atoms with Crippen molar-refractivity contribution in [2.24, 2.45) is 0 Å². The number of nitrogens with one attached hydrogen (secondary N) is 1. The number of anilines is 1. The van der Waals surface area contributed by atoms with E-state index in [-0.39, 0.29) is 35.3 Å². The van der Waals surface area contributed by atoms with Gasteiger partial charge in [-0.05, 0) is 73.0 Å². The molecule has 3 aromatic rings. The van der Waals surface area contributed by atoms with Crippen LogP contribution in [0.15, 0.2) is 77.7 Å². The van der Waals surface area contributed by atoms with Crippen LogP contribution in [0.5, 0.6) is 0 Å². The fourth-order valence-corrected chi connectivity index (χ4v) is 7.13. The summed E-state index contributed by atoms with van der Waals surface area (Å²) in [4.78, 5) is 18.0. The van der Waals surface area contributed by atoms with Gasteiger partial charge in [-0.3, -0.25) is 9.69 Å². The summed E-state index contributed by atoms with van der Waals surface area (Å²) < 4.78 is 69.5. The minimum atomic E-state index is -4.39. The van der Waals surface area contributed by atoms with Crippen molar-refractivity contribution < 1.29 is 36.2 Å². The van der Waals surface area contributed by atoms with Gasteiger partial charge in [0.05, 0.1) is 42.1 Å². The highest BCUT2D eigenvalue weighted by molar-refractivity contribution is 7.91. The van der Waals surface area contributed by atoms with Crippen LogP contribution in [0.3, 0.4) is 0 Å². The molecule has 0 radical (unpaired) electrons. The smallest absolute Gasteiger partial charge is 0.394 e. The number of alkyl halides is 3. The van der Waals surface area contributed by atoms with Gasteiger partial charge in [-0.25, -0.2) is 8.42 Å².